The molecule has 3 heterocycles. The van der Waals surface area contributed by atoms with Gasteiger partial charge in [0, 0.05) is 35.6 Å². The molecule has 3 aromatic rings. The fraction of sp³-hybridized carbons (Fsp3) is 0.318. The van der Waals surface area contributed by atoms with E-state index in [1.54, 1.807) is 23.7 Å². The summed E-state index contributed by atoms with van der Waals surface area (Å²) in [7, 11) is 0. The zero-order chi connectivity index (χ0) is 20.9. The summed E-state index contributed by atoms with van der Waals surface area (Å²) in [5.74, 6) is 0.765. The number of hydrogen-bond acceptors (Lipinski definition) is 6. The summed E-state index contributed by atoms with van der Waals surface area (Å²) in [6.07, 6.45) is 2.93. The highest BCUT2D eigenvalue weighted by Gasteiger charge is 2.26. The van der Waals surface area contributed by atoms with E-state index < -0.39 is 0 Å². The zero-order valence-corrected chi connectivity index (χ0v) is 17.5. The van der Waals surface area contributed by atoms with Crippen molar-refractivity contribution in [1.29, 1.82) is 0 Å². The van der Waals surface area contributed by atoms with Crippen LogP contribution in [-0.2, 0) is 6.61 Å². The van der Waals surface area contributed by atoms with E-state index in [1.807, 2.05) is 29.3 Å². The lowest BCUT2D eigenvalue weighted by molar-refractivity contribution is 0.0695. The summed E-state index contributed by atoms with van der Waals surface area (Å²) in [6.45, 7) is 3.39. The Kier molecular flexibility index (Phi) is 6.13. The van der Waals surface area contributed by atoms with Crippen LogP contribution < -0.4 is 10.1 Å². The van der Waals surface area contributed by atoms with Crippen molar-refractivity contribution < 1.29 is 18.7 Å². The van der Waals surface area contributed by atoms with E-state index in [9.17, 15) is 9.59 Å². The number of rotatable bonds is 6. The largest absolute Gasteiger partial charge is 0.487 e. The van der Waals surface area contributed by atoms with E-state index >= 15 is 0 Å². The van der Waals surface area contributed by atoms with Crippen LogP contribution in [0.25, 0.3) is 0 Å². The second-order valence-corrected chi connectivity index (χ2v) is 7.99. The SMILES string of the molecule is Cc1ccoc1C(=O)NC1CCN(C(=O)c2cccc(OCc3cscn3)c2)CC1. The minimum Gasteiger partial charge on any atom is -0.487 e. The average molecular weight is 426 g/mol. The van der Waals surface area contributed by atoms with Crippen LogP contribution in [0.5, 0.6) is 5.75 Å². The summed E-state index contributed by atoms with van der Waals surface area (Å²) in [6, 6.07) is 9.02. The van der Waals surface area contributed by atoms with E-state index in [1.165, 1.54) is 17.6 Å². The first-order chi connectivity index (χ1) is 14.6. The van der Waals surface area contributed by atoms with Crippen LogP contribution in [0.3, 0.4) is 0 Å². The average Bonchev–Trinajstić information content (AvgIpc) is 3.44. The molecule has 0 atom stereocenters. The molecule has 0 saturated carbocycles. The summed E-state index contributed by atoms with van der Waals surface area (Å²) in [4.78, 5) is 31.2. The third kappa shape index (κ3) is 4.71. The highest BCUT2D eigenvalue weighted by molar-refractivity contribution is 7.07. The van der Waals surface area contributed by atoms with Gasteiger partial charge in [-0.15, -0.1) is 11.3 Å². The topological polar surface area (TPSA) is 84.7 Å². The maximum atomic E-state index is 12.9. The molecule has 1 saturated heterocycles. The fourth-order valence-electron chi connectivity index (χ4n) is 3.45. The monoisotopic (exact) mass is 425 g/mol. The molecule has 4 rings (SSSR count). The Balaban J connectivity index is 1.30. The summed E-state index contributed by atoms with van der Waals surface area (Å²) < 4.78 is 11.0. The van der Waals surface area contributed by atoms with Crippen LogP contribution in [0.4, 0.5) is 0 Å². The number of thiazole rings is 1. The van der Waals surface area contributed by atoms with Crippen LogP contribution in [0.2, 0.25) is 0 Å². The Bertz CT molecular complexity index is 1010. The predicted molar refractivity (Wildman–Crippen MR) is 113 cm³/mol. The molecule has 1 aromatic carbocycles. The van der Waals surface area contributed by atoms with Gasteiger partial charge in [0.05, 0.1) is 17.5 Å². The van der Waals surface area contributed by atoms with Crippen LogP contribution in [0.1, 0.15) is 45.0 Å². The van der Waals surface area contributed by atoms with Gasteiger partial charge in [-0.1, -0.05) is 6.07 Å². The second-order valence-electron chi connectivity index (χ2n) is 7.27. The number of nitrogens with zero attached hydrogens (tertiary/aromatic N) is 2. The maximum absolute atomic E-state index is 12.9. The smallest absolute Gasteiger partial charge is 0.287 e. The molecule has 156 valence electrons. The third-order valence-corrected chi connectivity index (χ3v) is 5.77. The molecule has 1 fully saturated rings. The Hall–Kier alpha value is -3.13. The molecule has 0 aliphatic carbocycles. The molecule has 0 bridgehead atoms. The van der Waals surface area contributed by atoms with E-state index in [0.717, 1.165) is 11.3 Å². The van der Waals surface area contributed by atoms with Crippen LogP contribution in [0, 0.1) is 6.92 Å². The Morgan fingerprint density at radius 1 is 1.30 bits per heavy atom. The summed E-state index contributed by atoms with van der Waals surface area (Å²) in [5.41, 5.74) is 4.04. The number of furan rings is 1. The summed E-state index contributed by atoms with van der Waals surface area (Å²) >= 11 is 1.52. The van der Waals surface area contributed by atoms with Crippen molar-refractivity contribution in [1.82, 2.24) is 15.2 Å². The number of likely N-dealkylation sites (tertiary alicyclic amines) is 1. The Morgan fingerprint density at radius 3 is 2.83 bits per heavy atom. The van der Waals surface area contributed by atoms with Gasteiger partial charge in [0.1, 0.15) is 12.4 Å². The van der Waals surface area contributed by atoms with E-state index in [0.29, 0.717) is 49.6 Å². The molecule has 30 heavy (non-hydrogen) atoms. The normalized spacial score (nSPS) is 14.5. The molecule has 0 unspecified atom stereocenters. The van der Waals surface area contributed by atoms with Crippen LogP contribution in [0.15, 0.2) is 51.9 Å². The molecule has 2 aromatic heterocycles. The van der Waals surface area contributed by atoms with Crippen molar-refractivity contribution in [2.75, 3.05) is 13.1 Å². The van der Waals surface area contributed by atoms with E-state index in [2.05, 4.69) is 10.3 Å². The molecule has 1 aliphatic rings. The van der Waals surface area contributed by atoms with Gasteiger partial charge in [0.15, 0.2) is 5.76 Å². The van der Waals surface area contributed by atoms with Crippen molar-refractivity contribution in [2.24, 2.45) is 0 Å². The highest BCUT2D eigenvalue weighted by Crippen LogP contribution is 2.20. The fourth-order valence-corrected chi connectivity index (χ4v) is 3.99. The zero-order valence-electron chi connectivity index (χ0n) is 16.7. The van der Waals surface area contributed by atoms with Crippen LogP contribution in [-0.4, -0.2) is 40.8 Å². The van der Waals surface area contributed by atoms with E-state index in [4.69, 9.17) is 9.15 Å². The molecule has 8 heteroatoms. The number of benzene rings is 1. The van der Waals surface area contributed by atoms with Crippen molar-refractivity contribution in [3.8, 4) is 5.75 Å². The number of aromatic nitrogens is 1. The predicted octanol–water partition coefficient (Wildman–Crippen LogP) is 3.66. The van der Waals surface area contributed by atoms with Crippen molar-refractivity contribution >= 4 is 23.2 Å². The lowest BCUT2D eigenvalue weighted by atomic mass is 10.0. The minimum absolute atomic E-state index is 0.0267. The van der Waals surface area contributed by atoms with E-state index in [-0.39, 0.29) is 17.9 Å². The highest BCUT2D eigenvalue weighted by atomic mass is 32.1. The number of nitrogens with one attached hydrogen (secondary N) is 1. The van der Waals surface area contributed by atoms with Crippen molar-refractivity contribution in [3.63, 3.8) is 0 Å². The molecule has 0 radical (unpaired) electrons. The molecular formula is C22H23N3O4S. The number of hydrogen-bond donors (Lipinski definition) is 1. The molecule has 2 amide bonds. The van der Waals surface area contributed by atoms with Crippen molar-refractivity contribution in [3.05, 3.63) is 70.1 Å². The first-order valence-corrected chi connectivity index (χ1v) is 10.8. The first kappa shape index (κ1) is 20.2. The lowest BCUT2D eigenvalue weighted by Crippen LogP contribution is -2.46. The number of aryl methyl sites for hydroxylation is 1. The molecule has 1 aliphatic heterocycles. The van der Waals surface area contributed by atoms with Gasteiger partial charge in [0.25, 0.3) is 11.8 Å². The quantitative estimate of drug-likeness (QED) is 0.652. The van der Waals surface area contributed by atoms with Gasteiger partial charge in [0.2, 0.25) is 0 Å². The van der Waals surface area contributed by atoms with Gasteiger partial charge in [-0.25, -0.2) is 4.98 Å². The minimum atomic E-state index is -0.202. The van der Waals surface area contributed by atoms with Gasteiger partial charge in [-0.2, -0.15) is 0 Å². The lowest BCUT2D eigenvalue weighted by Gasteiger charge is -2.32. The number of piperidine rings is 1. The van der Waals surface area contributed by atoms with Crippen LogP contribution >= 0.6 is 11.3 Å². The second kappa shape index (κ2) is 9.13. The molecule has 7 nitrogen and oxygen atoms in total. The van der Waals surface area contributed by atoms with Crippen molar-refractivity contribution in [2.45, 2.75) is 32.4 Å². The Labute approximate surface area is 178 Å². The number of amides is 2. The molecule has 1 N–H and O–H groups in total. The Morgan fingerprint density at radius 2 is 2.13 bits per heavy atom. The summed E-state index contributed by atoms with van der Waals surface area (Å²) in [5, 5.41) is 4.94. The number of carbonyl (C=O) groups excluding carboxylic acids is 2. The maximum Gasteiger partial charge on any atom is 0.287 e. The molecular weight excluding hydrogens is 402 g/mol. The number of carbonyl (C=O) groups is 2. The number of ether oxygens (including phenoxy) is 1. The van der Waals surface area contributed by atoms with Gasteiger partial charge in [-0.05, 0) is 44.0 Å². The van der Waals surface area contributed by atoms with Gasteiger partial charge >= 0.3 is 0 Å². The third-order valence-electron chi connectivity index (χ3n) is 5.14. The van der Waals surface area contributed by atoms with Gasteiger partial charge < -0.3 is 19.4 Å². The first-order valence-electron chi connectivity index (χ1n) is 9.84. The standard InChI is InChI=1S/C22H23N3O4S/c1-15-7-10-28-20(15)21(26)24-17-5-8-25(9-6-17)22(27)16-3-2-4-19(11-16)29-12-18-13-30-14-23-18/h2-4,7,10-11,13-14,17H,5-6,8-9,12H2,1H3,(H,24,26). The molecule has 0 spiro atoms. The van der Waals surface area contributed by atoms with Gasteiger partial charge in [-0.3, -0.25) is 9.59 Å².